The topological polar surface area (TPSA) is 78.4 Å². The van der Waals surface area contributed by atoms with Gasteiger partial charge in [-0.3, -0.25) is 4.79 Å². The van der Waals surface area contributed by atoms with Gasteiger partial charge in [0.2, 0.25) is 0 Å². The van der Waals surface area contributed by atoms with E-state index in [0.717, 1.165) is 5.56 Å². The van der Waals surface area contributed by atoms with Crippen molar-refractivity contribution >= 4 is 40.9 Å². The number of benzene rings is 1. The first-order valence-corrected chi connectivity index (χ1v) is 7.21. The molecule has 1 aromatic rings. The first-order chi connectivity index (χ1) is 9.72. The largest absolute Gasteiger partial charge is 0.481 e. The molecule has 3 N–H and O–H groups in total. The van der Waals surface area contributed by atoms with Crippen LogP contribution in [0.15, 0.2) is 12.1 Å². The number of rotatable bonds is 5. The molecule has 0 aromatic heterocycles. The highest BCUT2D eigenvalue weighted by molar-refractivity contribution is 6.36. The second-order valence-corrected chi connectivity index (χ2v) is 5.92. The Hall–Kier alpha value is -1.46. The van der Waals surface area contributed by atoms with Gasteiger partial charge in [0.15, 0.2) is 0 Å². The lowest BCUT2D eigenvalue weighted by Crippen LogP contribution is -2.37. The van der Waals surface area contributed by atoms with Gasteiger partial charge in [-0.15, -0.1) is 0 Å². The van der Waals surface area contributed by atoms with Crippen molar-refractivity contribution in [3.05, 3.63) is 27.7 Å². The monoisotopic (exact) mass is 332 g/mol. The molecule has 0 heterocycles. The van der Waals surface area contributed by atoms with Crippen LogP contribution in [-0.4, -0.2) is 23.7 Å². The third-order valence-electron chi connectivity index (χ3n) is 3.10. The maximum Gasteiger partial charge on any atom is 0.319 e. The molecule has 0 aliphatic heterocycles. The third kappa shape index (κ3) is 5.10. The fraction of sp³-hybridized carbons (Fsp3) is 0.429. The summed E-state index contributed by atoms with van der Waals surface area (Å²) in [4.78, 5) is 22.8. The van der Waals surface area contributed by atoms with Gasteiger partial charge < -0.3 is 15.7 Å². The van der Waals surface area contributed by atoms with Crippen molar-refractivity contribution in [3.8, 4) is 0 Å². The Morgan fingerprint density at radius 1 is 1.24 bits per heavy atom. The summed E-state index contributed by atoms with van der Waals surface area (Å²) in [5.74, 6) is -1.67. The van der Waals surface area contributed by atoms with E-state index in [1.807, 2.05) is 0 Å². The molecule has 0 aliphatic rings. The second kappa shape index (κ2) is 7.52. The average molecular weight is 333 g/mol. The molecule has 0 aliphatic carbocycles. The van der Waals surface area contributed by atoms with Crippen molar-refractivity contribution < 1.29 is 14.7 Å². The van der Waals surface area contributed by atoms with E-state index in [0.29, 0.717) is 15.7 Å². The zero-order valence-corrected chi connectivity index (χ0v) is 13.5. The molecule has 5 nitrogen and oxygen atoms in total. The Kier molecular flexibility index (Phi) is 6.30. The van der Waals surface area contributed by atoms with Crippen LogP contribution >= 0.6 is 23.2 Å². The van der Waals surface area contributed by atoms with E-state index < -0.39 is 17.9 Å². The number of halogens is 2. The number of nitrogens with one attached hydrogen (secondary N) is 2. The Morgan fingerprint density at radius 2 is 1.86 bits per heavy atom. The molecule has 7 heteroatoms. The molecule has 0 fully saturated rings. The maximum atomic E-state index is 11.8. The third-order valence-corrected chi connectivity index (χ3v) is 3.82. The van der Waals surface area contributed by atoms with Crippen molar-refractivity contribution in [2.75, 3.05) is 11.9 Å². The van der Waals surface area contributed by atoms with Crippen LogP contribution in [0.25, 0.3) is 0 Å². The van der Waals surface area contributed by atoms with Gasteiger partial charge in [-0.25, -0.2) is 4.79 Å². The highest BCUT2D eigenvalue weighted by Gasteiger charge is 2.22. The van der Waals surface area contributed by atoms with E-state index in [9.17, 15) is 9.59 Å². The summed E-state index contributed by atoms with van der Waals surface area (Å²) >= 11 is 12.0. The van der Waals surface area contributed by atoms with Gasteiger partial charge in [0.25, 0.3) is 0 Å². The normalized spacial score (nSPS) is 12.1. The molecule has 116 valence electrons. The number of hydrogen-bond acceptors (Lipinski definition) is 2. The highest BCUT2D eigenvalue weighted by Crippen LogP contribution is 2.28. The number of carbonyl (C=O) groups is 2. The van der Waals surface area contributed by atoms with Crippen molar-refractivity contribution in [1.82, 2.24) is 5.32 Å². The number of hydrogen-bond donors (Lipinski definition) is 3. The van der Waals surface area contributed by atoms with E-state index in [4.69, 9.17) is 28.3 Å². The van der Waals surface area contributed by atoms with Crippen LogP contribution in [0.5, 0.6) is 0 Å². The number of aryl methyl sites for hydroxylation is 1. The van der Waals surface area contributed by atoms with Crippen LogP contribution in [0.2, 0.25) is 10.0 Å². The Labute approximate surface area is 133 Å². The summed E-state index contributed by atoms with van der Waals surface area (Å²) in [6.07, 6.45) is 0. The minimum Gasteiger partial charge on any atom is -0.481 e. The highest BCUT2D eigenvalue weighted by atomic mass is 35.5. The van der Waals surface area contributed by atoms with E-state index in [1.165, 1.54) is 0 Å². The van der Waals surface area contributed by atoms with E-state index in [2.05, 4.69) is 10.6 Å². The molecule has 21 heavy (non-hydrogen) atoms. The number of amides is 2. The quantitative estimate of drug-likeness (QED) is 0.767. The van der Waals surface area contributed by atoms with Crippen molar-refractivity contribution in [2.45, 2.75) is 20.8 Å². The van der Waals surface area contributed by atoms with Crippen molar-refractivity contribution in [3.63, 3.8) is 0 Å². The number of anilines is 1. The van der Waals surface area contributed by atoms with Crippen LogP contribution in [0, 0.1) is 18.8 Å². The number of carboxylic acid groups (broad SMARTS) is 1. The summed E-state index contributed by atoms with van der Waals surface area (Å²) in [5, 5.41) is 15.0. The zero-order chi connectivity index (χ0) is 16.2. The van der Waals surface area contributed by atoms with Gasteiger partial charge in [0, 0.05) is 11.6 Å². The SMILES string of the molecule is Cc1cc(Cl)c(NC(=O)NCC(C(=O)O)C(C)C)cc1Cl. The van der Waals surface area contributed by atoms with Crippen LogP contribution in [-0.2, 0) is 4.79 Å². The van der Waals surface area contributed by atoms with Gasteiger partial charge in [0.1, 0.15) is 0 Å². The molecular formula is C14H18Cl2N2O3. The average Bonchev–Trinajstić information content (AvgIpc) is 2.35. The van der Waals surface area contributed by atoms with Crippen LogP contribution in [0.1, 0.15) is 19.4 Å². The predicted octanol–water partition coefficient (Wildman–Crippen LogP) is 3.78. The fourth-order valence-corrected chi connectivity index (χ4v) is 2.15. The molecule has 0 spiro atoms. The lowest BCUT2D eigenvalue weighted by atomic mass is 9.96. The molecule has 1 rings (SSSR count). The summed E-state index contributed by atoms with van der Waals surface area (Å²) in [5.41, 5.74) is 1.18. The Bertz CT molecular complexity index is 547. The van der Waals surface area contributed by atoms with Crippen LogP contribution in [0.3, 0.4) is 0 Å². The lowest BCUT2D eigenvalue weighted by Gasteiger charge is -2.17. The Morgan fingerprint density at radius 3 is 2.38 bits per heavy atom. The van der Waals surface area contributed by atoms with Gasteiger partial charge in [-0.05, 0) is 30.5 Å². The number of aliphatic carboxylic acids is 1. The molecule has 0 radical (unpaired) electrons. The van der Waals surface area contributed by atoms with E-state index >= 15 is 0 Å². The standard InChI is InChI=1S/C14H18Cl2N2O3/c1-7(2)9(13(19)20)6-17-14(21)18-12-5-10(15)8(3)4-11(12)16/h4-5,7,9H,6H2,1-3H3,(H,19,20)(H2,17,18,21). The van der Waals surface area contributed by atoms with Crippen LogP contribution in [0.4, 0.5) is 10.5 Å². The van der Waals surface area contributed by atoms with Gasteiger partial charge in [0.05, 0.1) is 16.6 Å². The summed E-state index contributed by atoms with van der Waals surface area (Å²) in [6, 6.07) is 2.67. The summed E-state index contributed by atoms with van der Waals surface area (Å²) < 4.78 is 0. The first-order valence-electron chi connectivity index (χ1n) is 6.45. The Balaban J connectivity index is 2.66. The minimum absolute atomic E-state index is 0.0377. The van der Waals surface area contributed by atoms with Crippen LogP contribution < -0.4 is 10.6 Å². The first kappa shape index (κ1) is 17.6. The molecule has 1 atom stereocenters. The maximum absolute atomic E-state index is 11.8. The smallest absolute Gasteiger partial charge is 0.319 e. The number of carboxylic acids is 1. The minimum atomic E-state index is -0.943. The van der Waals surface area contributed by atoms with Gasteiger partial charge in [-0.2, -0.15) is 0 Å². The molecule has 0 bridgehead atoms. The molecule has 2 amide bonds. The molecular weight excluding hydrogens is 315 g/mol. The van der Waals surface area contributed by atoms with E-state index in [-0.39, 0.29) is 12.5 Å². The predicted molar refractivity (Wildman–Crippen MR) is 84.2 cm³/mol. The van der Waals surface area contributed by atoms with Gasteiger partial charge in [-0.1, -0.05) is 37.0 Å². The molecule has 0 saturated heterocycles. The van der Waals surface area contributed by atoms with Crippen molar-refractivity contribution in [1.29, 1.82) is 0 Å². The second-order valence-electron chi connectivity index (χ2n) is 5.11. The van der Waals surface area contributed by atoms with Crippen molar-refractivity contribution in [2.24, 2.45) is 11.8 Å². The number of urea groups is 1. The van der Waals surface area contributed by atoms with Gasteiger partial charge >= 0.3 is 12.0 Å². The summed E-state index contributed by atoms with van der Waals surface area (Å²) in [6.45, 7) is 5.41. The fourth-order valence-electron chi connectivity index (χ4n) is 1.72. The lowest BCUT2D eigenvalue weighted by molar-refractivity contribution is -0.142. The molecule has 0 saturated carbocycles. The van der Waals surface area contributed by atoms with E-state index in [1.54, 1.807) is 32.9 Å². The molecule has 1 unspecified atom stereocenters. The molecule has 1 aromatic carbocycles. The summed E-state index contributed by atoms with van der Waals surface area (Å²) in [7, 11) is 0. The number of carbonyl (C=O) groups excluding carboxylic acids is 1. The zero-order valence-electron chi connectivity index (χ0n) is 12.0.